The first-order valence-corrected chi connectivity index (χ1v) is 10.4. The molecule has 0 heterocycles. The van der Waals surface area contributed by atoms with Crippen LogP contribution < -0.4 is 0 Å². The Labute approximate surface area is 104 Å². The molecule has 19 heavy (non-hydrogen) atoms. The van der Waals surface area contributed by atoms with Crippen molar-refractivity contribution in [1.29, 1.82) is 0 Å². The van der Waals surface area contributed by atoms with Gasteiger partial charge in [-0.3, -0.25) is 0 Å². The maximum atomic E-state index is 13.1. The Morgan fingerprint density at radius 1 is 0.579 bits per heavy atom. The van der Waals surface area contributed by atoms with Crippen LogP contribution in [0.15, 0.2) is 21.3 Å². The molecular weight excluding hydrogens is 405 g/mol. The molecule has 0 aromatic carbocycles. The van der Waals surface area contributed by atoms with Gasteiger partial charge in [0.25, 0.3) is 0 Å². The zero-order valence-electron chi connectivity index (χ0n) is 8.85. The molecule has 0 atom stereocenters. The Kier molecular flexibility index (Phi) is 4.74. The first-order chi connectivity index (χ1) is 8.12. The van der Waals surface area contributed by atoms with Gasteiger partial charge in [-0.1, -0.05) is 0 Å². The second kappa shape index (κ2) is 4.85. The monoisotopic (exact) mass is 412 g/mol. The van der Waals surface area contributed by atoms with E-state index in [0.29, 0.717) is 0 Å². The van der Waals surface area contributed by atoms with Gasteiger partial charge in [0, 0.05) is 0 Å². The van der Waals surface area contributed by atoms with Crippen molar-refractivity contribution in [2.24, 2.45) is 0 Å². The molecule has 0 aromatic rings. The number of halogens is 10. The Morgan fingerprint density at radius 3 is 0.895 bits per heavy atom. The molecule has 0 saturated heterocycles. The van der Waals surface area contributed by atoms with E-state index in [4.69, 9.17) is 0 Å². The molecule has 0 bridgehead atoms. The molecule has 0 rings (SSSR count). The van der Waals surface area contributed by atoms with E-state index in [9.17, 15) is 43.9 Å². The Bertz CT molecular complexity index is 327. The molecule has 11 heteroatoms. The van der Waals surface area contributed by atoms with Crippen molar-refractivity contribution in [2.75, 3.05) is 0 Å². The van der Waals surface area contributed by atoms with Crippen molar-refractivity contribution in [1.82, 2.24) is 0 Å². The summed E-state index contributed by atoms with van der Waals surface area (Å²) in [7, 11) is 0. The van der Waals surface area contributed by atoms with Gasteiger partial charge in [-0.15, -0.1) is 0 Å². The van der Waals surface area contributed by atoms with Crippen LogP contribution >= 0.6 is 0 Å². The Morgan fingerprint density at radius 2 is 0.789 bits per heavy atom. The third-order valence-electron chi connectivity index (χ3n) is 2.40. The molecule has 112 valence electrons. The van der Waals surface area contributed by atoms with E-state index in [1.807, 2.05) is 0 Å². The van der Waals surface area contributed by atoms with Crippen LogP contribution in [0.1, 0.15) is 0 Å². The summed E-state index contributed by atoms with van der Waals surface area (Å²) in [4.78, 5) is 0. The molecular formula is C8H6F10Sn. The van der Waals surface area contributed by atoms with Gasteiger partial charge >= 0.3 is 104 Å². The van der Waals surface area contributed by atoms with Crippen LogP contribution in [0.3, 0.4) is 0 Å². The quantitative estimate of drug-likeness (QED) is 0.477. The minimum absolute atomic E-state index is 0.595. The van der Waals surface area contributed by atoms with E-state index in [1.54, 1.807) is 0 Å². The summed E-state index contributed by atoms with van der Waals surface area (Å²) in [5, 5.41) is 0. The van der Waals surface area contributed by atoms with Gasteiger partial charge in [0.2, 0.25) is 0 Å². The van der Waals surface area contributed by atoms with Crippen LogP contribution in [-0.4, -0.2) is 38.6 Å². The van der Waals surface area contributed by atoms with Crippen LogP contribution in [-0.2, 0) is 0 Å². The minimum atomic E-state index is -7.79. The summed E-state index contributed by atoms with van der Waals surface area (Å²) in [5.41, 5.74) is 0. The van der Waals surface area contributed by atoms with E-state index in [-0.39, 0.29) is 0 Å². The number of alkyl halides is 10. The van der Waals surface area contributed by atoms with E-state index < -0.39 is 46.8 Å². The molecule has 0 saturated carbocycles. The van der Waals surface area contributed by atoms with Gasteiger partial charge in [0.1, 0.15) is 0 Å². The van der Waals surface area contributed by atoms with Crippen LogP contribution in [0.4, 0.5) is 43.9 Å². The maximum absolute atomic E-state index is 13.1. The fourth-order valence-corrected chi connectivity index (χ4v) is 8.47. The van der Waals surface area contributed by atoms with Gasteiger partial charge in [0.05, 0.1) is 0 Å². The van der Waals surface area contributed by atoms with Crippen molar-refractivity contribution in [2.45, 2.75) is 20.2 Å². The zero-order chi connectivity index (χ0) is 15.9. The van der Waals surface area contributed by atoms with Crippen molar-refractivity contribution < 1.29 is 43.9 Å². The van der Waals surface area contributed by atoms with E-state index >= 15 is 0 Å². The first kappa shape index (κ1) is 18.6. The molecule has 0 aromatic heterocycles. The average Bonchev–Trinajstić information content (AvgIpc) is 2.15. The van der Waals surface area contributed by atoms with Crippen molar-refractivity contribution in [3.8, 4) is 0 Å². The van der Waals surface area contributed by atoms with Crippen LogP contribution in [0, 0.1) is 0 Å². The summed E-state index contributed by atoms with van der Waals surface area (Å²) >= 11 is -7.79. The molecule has 0 aliphatic rings. The molecule has 0 radical (unpaired) electrons. The van der Waals surface area contributed by atoms with Crippen LogP contribution in [0.5, 0.6) is 0 Å². The second-order valence-corrected chi connectivity index (χ2v) is 14.3. The third kappa shape index (κ3) is 2.47. The summed E-state index contributed by atoms with van der Waals surface area (Å²) < 4.78 is 112. The van der Waals surface area contributed by atoms with Gasteiger partial charge in [-0.2, -0.15) is 0 Å². The molecule has 0 unspecified atom stereocenters. The summed E-state index contributed by atoms with van der Waals surface area (Å²) in [6.07, 6.45) is -13.1. The van der Waals surface area contributed by atoms with Gasteiger partial charge < -0.3 is 0 Å². The molecule has 0 fully saturated rings. The SMILES string of the molecule is C=[CH][Sn]([CH]=C)([C](F)(F)C(F)(F)F)[C](F)(F)C(F)(F)F. The molecule has 0 aliphatic heterocycles. The van der Waals surface area contributed by atoms with Crippen molar-refractivity contribution in [3.63, 3.8) is 0 Å². The predicted molar refractivity (Wildman–Crippen MR) is 48.2 cm³/mol. The van der Waals surface area contributed by atoms with Gasteiger partial charge in [-0.25, -0.2) is 0 Å². The van der Waals surface area contributed by atoms with Crippen LogP contribution in [0.25, 0.3) is 0 Å². The molecule has 0 N–H and O–H groups in total. The van der Waals surface area contributed by atoms with Gasteiger partial charge in [-0.05, 0) is 0 Å². The molecule has 0 spiro atoms. The third-order valence-corrected chi connectivity index (χ3v) is 13.6. The summed E-state index contributed by atoms with van der Waals surface area (Å²) in [6.45, 7) is 4.65. The standard InChI is InChI=1S/2C2F5.2C2H3.Sn/c2*3-1(4)2(5,6)7;2*1-2;/h;;2*1H,2H2;. The van der Waals surface area contributed by atoms with E-state index in [1.165, 1.54) is 0 Å². The fourth-order valence-electron chi connectivity index (χ4n) is 1.26. The summed E-state index contributed by atoms with van der Waals surface area (Å²) in [6, 6.07) is 0. The average molecular weight is 411 g/mol. The van der Waals surface area contributed by atoms with E-state index in [0.717, 1.165) is 0 Å². The number of hydrogen-bond acceptors (Lipinski definition) is 0. The van der Waals surface area contributed by atoms with Crippen molar-refractivity contribution >= 4 is 18.4 Å². The Balaban J connectivity index is 6.36. The normalized spacial score (nSPS) is 15.3. The number of rotatable bonds is 4. The first-order valence-electron chi connectivity index (χ1n) is 4.28. The topological polar surface area (TPSA) is 0 Å². The number of hydrogen-bond donors (Lipinski definition) is 0. The second-order valence-electron chi connectivity index (χ2n) is 3.42. The molecule has 0 aliphatic carbocycles. The zero-order valence-corrected chi connectivity index (χ0v) is 11.7. The van der Waals surface area contributed by atoms with Gasteiger partial charge in [0.15, 0.2) is 0 Å². The summed E-state index contributed by atoms with van der Waals surface area (Å²) in [5.74, 6) is 0. The predicted octanol–water partition coefficient (Wildman–Crippen LogP) is 4.36. The Hall–Kier alpha value is -0.421. The van der Waals surface area contributed by atoms with E-state index in [2.05, 4.69) is 13.2 Å². The van der Waals surface area contributed by atoms with Crippen LogP contribution in [0.2, 0.25) is 0 Å². The fraction of sp³-hybridized carbons (Fsp3) is 0.500. The molecule has 0 nitrogen and oxygen atoms in total. The molecule has 0 amide bonds. The van der Waals surface area contributed by atoms with Crippen molar-refractivity contribution in [3.05, 3.63) is 21.3 Å².